The lowest BCUT2D eigenvalue weighted by Crippen LogP contribution is -2.24. The van der Waals surface area contributed by atoms with Gasteiger partial charge in [0, 0.05) is 23.7 Å². The summed E-state index contributed by atoms with van der Waals surface area (Å²) in [6, 6.07) is 7.23. The predicted octanol–water partition coefficient (Wildman–Crippen LogP) is 3.45. The standard InChI is InChI=1S/C15H18FN3S/c1-10-5-6-19(9-13-8-18-15(17)20-13)14(10)11-3-2-4-12(16)7-11/h2-4,7-8,10,14H,5-6,9H2,1H3,(H2,17,18). The third kappa shape index (κ3) is 2.69. The van der Waals surface area contributed by atoms with Gasteiger partial charge < -0.3 is 5.73 Å². The van der Waals surface area contributed by atoms with E-state index in [2.05, 4.69) is 16.8 Å². The predicted molar refractivity (Wildman–Crippen MR) is 79.9 cm³/mol. The Hall–Kier alpha value is -1.46. The maximum absolute atomic E-state index is 13.5. The molecule has 0 bridgehead atoms. The number of nitrogens with two attached hydrogens (primary N) is 1. The molecule has 0 saturated carbocycles. The van der Waals surface area contributed by atoms with Crippen LogP contribution < -0.4 is 5.73 Å². The number of hydrogen-bond donors (Lipinski definition) is 1. The molecule has 0 amide bonds. The number of benzene rings is 1. The van der Waals surface area contributed by atoms with E-state index >= 15 is 0 Å². The second-order valence-electron chi connectivity index (χ2n) is 5.40. The second-order valence-corrected chi connectivity index (χ2v) is 6.55. The fourth-order valence-corrected chi connectivity index (χ4v) is 3.74. The van der Waals surface area contributed by atoms with Crippen molar-refractivity contribution in [1.82, 2.24) is 9.88 Å². The monoisotopic (exact) mass is 291 g/mol. The van der Waals surface area contributed by atoms with Crippen LogP contribution in [0, 0.1) is 11.7 Å². The Kier molecular flexibility index (Phi) is 3.72. The van der Waals surface area contributed by atoms with E-state index < -0.39 is 0 Å². The van der Waals surface area contributed by atoms with E-state index in [9.17, 15) is 4.39 Å². The maximum atomic E-state index is 13.5. The largest absolute Gasteiger partial charge is 0.375 e. The van der Waals surface area contributed by atoms with Gasteiger partial charge >= 0.3 is 0 Å². The minimum atomic E-state index is -0.163. The number of anilines is 1. The Labute approximate surface area is 122 Å². The average molecular weight is 291 g/mol. The molecule has 0 aliphatic carbocycles. The Bertz CT molecular complexity index is 598. The first kappa shape index (κ1) is 13.5. The molecule has 0 spiro atoms. The normalized spacial score (nSPS) is 23.3. The van der Waals surface area contributed by atoms with Crippen LogP contribution in [0.4, 0.5) is 9.52 Å². The van der Waals surface area contributed by atoms with E-state index in [-0.39, 0.29) is 11.9 Å². The molecule has 2 atom stereocenters. The van der Waals surface area contributed by atoms with Gasteiger partial charge in [0.25, 0.3) is 0 Å². The van der Waals surface area contributed by atoms with Crippen LogP contribution in [0.2, 0.25) is 0 Å². The summed E-state index contributed by atoms with van der Waals surface area (Å²) in [4.78, 5) is 7.66. The molecule has 1 fully saturated rings. The van der Waals surface area contributed by atoms with Gasteiger partial charge in [-0.1, -0.05) is 19.1 Å². The van der Waals surface area contributed by atoms with Crippen molar-refractivity contribution >= 4 is 16.5 Å². The van der Waals surface area contributed by atoms with E-state index in [0.29, 0.717) is 11.0 Å². The highest BCUT2D eigenvalue weighted by Crippen LogP contribution is 2.38. The van der Waals surface area contributed by atoms with Crippen LogP contribution in [0.5, 0.6) is 0 Å². The first-order valence-corrected chi connectivity index (χ1v) is 7.65. The van der Waals surface area contributed by atoms with Crippen molar-refractivity contribution < 1.29 is 4.39 Å². The highest BCUT2D eigenvalue weighted by atomic mass is 32.1. The Morgan fingerprint density at radius 3 is 3.05 bits per heavy atom. The van der Waals surface area contributed by atoms with Gasteiger partial charge in [-0.25, -0.2) is 9.37 Å². The number of thiazole rings is 1. The third-order valence-electron chi connectivity index (χ3n) is 3.92. The number of rotatable bonds is 3. The molecule has 20 heavy (non-hydrogen) atoms. The van der Waals surface area contributed by atoms with Crippen LogP contribution in [0.1, 0.15) is 29.8 Å². The Balaban J connectivity index is 1.83. The second kappa shape index (κ2) is 5.50. The fraction of sp³-hybridized carbons (Fsp3) is 0.400. The maximum Gasteiger partial charge on any atom is 0.180 e. The smallest absolute Gasteiger partial charge is 0.180 e. The number of likely N-dealkylation sites (tertiary alicyclic amines) is 1. The molecule has 3 nitrogen and oxygen atoms in total. The van der Waals surface area contributed by atoms with Gasteiger partial charge in [0.05, 0.1) is 0 Å². The van der Waals surface area contributed by atoms with Crippen molar-refractivity contribution in [3.05, 3.63) is 46.7 Å². The lowest BCUT2D eigenvalue weighted by Gasteiger charge is -2.26. The summed E-state index contributed by atoms with van der Waals surface area (Å²) in [7, 11) is 0. The summed E-state index contributed by atoms with van der Waals surface area (Å²) in [5.74, 6) is 0.366. The minimum absolute atomic E-state index is 0.163. The number of halogens is 1. The van der Waals surface area contributed by atoms with E-state index in [1.165, 1.54) is 17.4 Å². The van der Waals surface area contributed by atoms with Gasteiger partial charge in [-0.3, -0.25) is 4.90 Å². The van der Waals surface area contributed by atoms with Crippen molar-refractivity contribution in [3.63, 3.8) is 0 Å². The summed E-state index contributed by atoms with van der Waals surface area (Å²) in [5, 5.41) is 0.606. The summed E-state index contributed by atoms with van der Waals surface area (Å²) in [6.07, 6.45) is 2.97. The van der Waals surface area contributed by atoms with E-state index in [4.69, 9.17) is 5.73 Å². The average Bonchev–Trinajstić information content (AvgIpc) is 2.97. The van der Waals surface area contributed by atoms with Crippen molar-refractivity contribution in [2.45, 2.75) is 25.9 Å². The molecule has 2 heterocycles. The molecule has 106 valence electrons. The molecule has 1 aliphatic rings. The molecule has 5 heteroatoms. The molecule has 0 radical (unpaired) electrons. The molecule has 2 unspecified atom stereocenters. The zero-order valence-electron chi connectivity index (χ0n) is 11.4. The first-order valence-electron chi connectivity index (χ1n) is 6.83. The van der Waals surface area contributed by atoms with Crippen LogP contribution in [0.25, 0.3) is 0 Å². The molecule has 1 aromatic carbocycles. The molecular formula is C15H18FN3S. The third-order valence-corrected chi connectivity index (χ3v) is 4.74. The zero-order valence-corrected chi connectivity index (χ0v) is 12.2. The molecule has 1 saturated heterocycles. The topological polar surface area (TPSA) is 42.2 Å². The fourth-order valence-electron chi connectivity index (χ4n) is 3.03. The molecule has 1 aliphatic heterocycles. The number of hydrogen-bond acceptors (Lipinski definition) is 4. The van der Waals surface area contributed by atoms with E-state index in [0.717, 1.165) is 30.0 Å². The van der Waals surface area contributed by atoms with Crippen LogP contribution >= 0.6 is 11.3 Å². The van der Waals surface area contributed by atoms with Gasteiger partial charge in [0.15, 0.2) is 5.13 Å². The molecular weight excluding hydrogens is 273 g/mol. The lowest BCUT2D eigenvalue weighted by molar-refractivity contribution is 0.227. The summed E-state index contributed by atoms with van der Waals surface area (Å²) < 4.78 is 13.5. The van der Waals surface area contributed by atoms with Gasteiger partial charge in [-0.2, -0.15) is 0 Å². The number of nitrogen functional groups attached to an aromatic ring is 1. The van der Waals surface area contributed by atoms with Gasteiger partial charge in [-0.05, 0) is 36.6 Å². The van der Waals surface area contributed by atoms with Gasteiger partial charge in [0.1, 0.15) is 5.82 Å². The molecule has 2 N–H and O–H groups in total. The zero-order chi connectivity index (χ0) is 14.1. The Morgan fingerprint density at radius 1 is 1.50 bits per heavy atom. The van der Waals surface area contributed by atoms with Gasteiger partial charge in [0.2, 0.25) is 0 Å². The van der Waals surface area contributed by atoms with Crippen LogP contribution in [0.15, 0.2) is 30.5 Å². The summed E-state index contributed by atoms with van der Waals surface area (Å²) in [5.41, 5.74) is 6.75. The molecule has 2 aromatic rings. The minimum Gasteiger partial charge on any atom is -0.375 e. The first-order chi connectivity index (χ1) is 9.63. The quantitative estimate of drug-likeness (QED) is 0.942. The van der Waals surface area contributed by atoms with Crippen molar-refractivity contribution in [1.29, 1.82) is 0 Å². The SMILES string of the molecule is CC1CCN(Cc2cnc(N)s2)C1c1cccc(F)c1. The molecule has 3 rings (SSSR count). The highest BCUT2D eigenvalue weighted by Gasteiger charge is 2.32. The van der Waals surface area contributed by atoms with Crippen LogP contribution in [-0.4, -0.2) is 16.4 Å². The molecule has 1 aromatic heterocycles. The van der Waals surface area contributed by atoms with Crippen molar-refractivity contribution in [2.75, 3.05) is 12.3 Å². The number of nitrogens with zero attached hydrogens (tertiary/aromatic N) is 2. The van der Waals surface area contributed by atoms with Gasteiger partial charge in [-0.15, -0.1) is 11.3 Å². The van der Waals surface area contributed by atoms with E-state index in [1.807, 2.05) is 12.3 Å². The highest BCUT2D eigenvalue weighted by molar-refractivity contribution is 7.15. The lowest BCUT2D eigenvalue weighted by atomic mass is 9.95. The van der Waals surface area contributed by atoms with Crippen LogP contribution in [-0.2, 0) is 6.54 Å². The summed E-state index contributed by atoms with van der Waals surface area (Å²) in [6.45, 7) is 4.09. The Morgan fingerprint density at radius 2 is 2.35 bits per heavy atom. The van der Waals surface area contributed by atoms with Crippen LogP contribution in [0.3, 0.4) is 0 Å². The summed E-state index contributed by atoms with van der Waals surface area (Å²) >= 11 is 1.53. The van der Waals surface area contributed by atoms with E-state index in [1.54, 1.807) is 12.1 Å². The van der Waals surface area contributed by atoms with Crippen molar-refractivity contribution in [2.24, 2.45) is 5.92 Å². The van der Waals surface area contributed by atoms with Crippen molar-refractivity contribution in [3.8, 4) is 0 Å². The number of aromatic nitrogens is 1.